The van der Waals surface area contributed by atoms with Gasteiger partial charge in [0.05, 0.1) is 18.9 Å². The molecule has 2 aliphatic heterocycles. The quantitative estimate of drug-likeness (QED) is 0.324. The zero-order valence-electron chi connectivity index (χ0n) is 31.9. The summed E-state index contributed by atoms with van der Waals surface area (Å²) in [6.07, 6.45) is 8.55. The first-order valence-corrected chi connectivity index (χ1v) is 21.4. The number of sulfonamides is 1. The second-order valence-electron chi connectivity index (χ2n) is 17.1. The summed E-state index contributed by atoms with van der Waals surface area (Å²) in [6.45, 7) is 3.85. The van der Waals surface area contributed by atoms with Gasteiger partial charge in [-0.2, -0.15) is 0 Å². The van der Waals surface area contributed by atoms with Crippen LogP contribution in [0.15, 0.2) is 36.5 Å². The van der Waals surface area contributed by atoms with E-state index in [-0.39, 0.29) is 48.4 Å². The molecule has 56 heavy (non-hydrogen) atoms. The van der Waals surface area contributed by atoms with E-state index in [0.29, 0.717) is 55.7 Å². The standard InChI is InChI=1S/C40H50FN5O9S/c1-21-6-4-5-7-25-19-40(25,38(49)44-56(52,53)28-8-9-28)43-35(47)31-18-27(55-36-30-10-11-32(54-3)33(41)29(30)12-13-42-36)20-45(31)37(48)34(22(2)14-21)46(39(50)51)26-16-23-15-24(23)17-26/h5,7,10-13,21-28,31,34H,4,6,8-9,14-20H2,1-3H3,(H,43,47)(H,44,49)(H,50,51)/b7-5-/t21-,22-,23+,24?,25-,26?,27-,31+,34+,40-/m1/s1. The highest BCUT2D eigenvalue weighted by Crippen LogP contribution is 2.54. The van der Waals surface area contributed by atoms with Crippen LogP contribution in [0.1, 0.15) is 78.1 Å². The van der Waals surface area contributed by atoms with Crippen LogP contribution in [0.25, 0.3) is 10.8 Å². The van der Waals surface area contributed by atoms with Gasteiger partial charge in [-0.05, 0) is 99.7 Å². The van der Waals surface area contributed by atoms with Crippen molar-refractivity contribution in [3.8, 4) is 11.6 Å². The third kappa shape index (κ3) is 7.17. The molecule has 2 unspecified atom stereocenters. The van der Waals surface area contributed by atoms with Crippen LogP contribution in [0, 0.1) is 35.4 Å². The maximum absolute atomic E-state index is 15.3. The van der Waals surface area contributed by atoms with E-state index in [2.05, 4.69) is 21.9 Å². The molecule has 3 heterocycles. The van der Waals surface area contributed by atoms with Crippen molar-refractivity contribution in [1.82, 2.24) is 24.8 Å². The fourth-order valence-electron chi connectivity index (χ4n) is 9.66. The first kappa shape index (κ1) is 38.4. The number of halogens is 1. The second-order valence-corrected chi connectivity index (χ2v) is 19.0. The van der Waals surface area contributed by atoms with Gasteiger partial charge >= 0.3 is 6.09 Å². The molecule has 10 atom stereocenters. The number of rotatable bonds is 8. The summed E-state index contributed by atoms with van der Waals surface area (Å²) in [7, 11) is -2.57. The van der Waals surface area contributed by atoms with Crippen molar-refractivity contribution in [2.75, 3.05) is 13.7 Å². The Balaban J connectivity index is 1.16. The summed E-state index contributed by atoms with van der Waals surface area (Å²) in [5.41, 5.74) is -1.56. The maximum atomic E-state index is 15.3. The molecule has 6 aliphatic rings. The smallest absolute Gasteiger partial charge is 0.408 e. The van der Waals surface area contributed by atoms with Crippen LogP contribution in [-0.2, 0) is 24.4 Å². The van der Waals surface area contributed by atoms with Gasteiger partial charge in [-0.3, -0.25) is 24.0 Å². The Hall–Kier alpha value is -4.47. The lowest BCUT2D eigenvalue weighted by atomic mass is 9.86. The zero-order chi connectivity index (χ0) is 39.7. The van der Waals surface area contributed by atoms with Crippen LogP contribution >= 0.6 is 0 Å². The molecule has 1 aromatic heterocycles. The number of nitrogens with zero attached hydrogens (tertiary/aromatic N) is 3. The summed E-state index contributed by atoms with van der Waals surface area (Å²) in [6, 6.07) is 1.91. The summed E-state index contributed by atoms with van der Waals surface area (Å²) in [5.74, 6) is -2.41. The van der Waals surface area contributed by atoms with Gasteiger partial charge in [0, 0.05) is 35.3 Å². The first-order chi connectivity index (χ1) is 26.7. The highest BCUT2D eigenvalue weighted by Gasteiger charge is 2.62. The third-order valence-electron chi connectivity index (χ3n) is 13.0. The number of nitrogens with one attached hydrogen (secondary N) is 2. The van der Waals surface area contributed by atoms with Gasteiger partial charge in [0.1, 0.15) is 23.7 Å². The molecule has 1 aromatic carbocycles. The molecule has 0 spiro atoms. The van der Waals surface area contributed by atoms with Crippen LogP contribution in [0.5, 0.6) is 11.6 Å². The van der Waals surface area contributed by atoms with Crippen molar-refractivity contribution in [3.63, 3.8) is 0 Å². The van der Waals surface area contributed by atoms with Crippen molar-refractivity contribution in [2.45, 2.75) is 113 Å². The third-order valence-corrected chi connectivity index (χ3v) is 14.8. The molecule has 5 fully saturated rings. The molecule has 4 amide bonds. The van der Waals surface area contributed by atoms with Crippen molar-refractivity contribution in [1.29, 1.82) is 0 Å². The minimum absolute atomic E-state index is 0.0387. The molecule has 1 saturated heterocycles. The van der Waals surface area contributed by atoms with Gasteiger partial charge in [0.15, 0.2) is 11.6 Å². The van der Waals surface area contributed by atoms with Crippen LogP contribution in [0.4, 0.5) is 9.18 Å². The summed E-state index contributed by atoms with van der Waals surface area (Å²) < 4.78 is 54.8. The Morgan fingerprint density at radius 2 is 1.80 bits per heavy atom. The number of hydrogen-bond acceptors (Lipinski definition) is 9. The number of hydrogen-bond donors (Lipinski definition) is 3. The molecule has 3 N–H and O–H groups in total. The topological polar surface area (TPSA) is 185 Å². The minimum Gasteiger partial charge on any atom is -0.494 e. The van der Waals surface area contributed by atoms with E-state index in [4.69, 9.17) is 9.47 Å². The molecule has 0 bridgehead atoms. The van der Waals surface area contributed by atoms with E-state index >= 15 is 9.18 Å². The number of amides is 4. The Morgan fingerprint density at radius 3 is 2.50 bits per heavy atom. The SMILES string of the molecule is COc1ccc2c(O[C@@H]3C[C@H]4C(=O)N[C@]5(C(=O)NS(=O)(=O)C6CC6)C[C@H]5/C=C\CC[C@@H](C)C[C@@H](C)[C@H](N(C(=O)O)C5CC6C[C@H]6C5)C(=O)N4C3)nccc2c1F. The number of fused-ring (bicyclic) bond motifs is 4. The van der Waals surface area contributed by atoms with Gasteiger partial charge < -0.3 is 24.8 Å². The average Bonchev–Trinajstić information content (AvgIpc) is 4.11. The molecule has 2 aromatic rings. The number of benzene rings is 1. The zero-order valence-corrected chi connectivity index (χ0v) is 32.7. The Bertz CT molecular complexity index is 2070. The molecular formula is C40H50FN5O9S. The van der Waals surface area contributed by atoms with Crippen LogP contribution < -0.4 is 19.5 Å². The van der Waals surface area contributed by atoms with Gasteiger partial charge in [0.25, 0.3) is 5.91 Å². The summed E-state index contributed by atoms with van der Waals surface area (Å²) in [5, 5.41) is 13.5. The van der Waals surface area contributed by atoms with Crippen LogP contribution in [0.3, 0.4) is 0 Å². The van der Waals surface area contributed by atoms with Crippen LogP contribution in [0.2, 0.25) is 0 Å². The van der Waals surface area contributed by atoms with E-state index in [1.807, 2.05) is 19.1 Å². The van der Waals surface area contributed by atoms with Gasteiger partial charge in [-0.1, -0.05) is 26.0 Å². The van der Waals surface area contributed by atoms with Crippen LogP contribution in [-0.4, -0.2) is 101 Å². The molecule has 4 saturated carbocycles. The van der Waals surface area contributed by atoms with E-state index in [9.17, 15) is 27.9 Å². The normalized spacial score (nSPS) is 34.9. The molecule has 4 aliphatic carbocycles. The molecule has 14 nitrogen and oxygen atoms in total. The van der Waals surface area contributed by atoms with Crippen molar-refractivity contribution in [3.05, 3.63) is 42.4 Å². The van der Waals surface area contributed by atoms with Gasteiger partial charge in [0.2, 0.25) is 27.7 Å². The Kier molecular flexibility index (Phi) is 9.93. The highest BCUT2D eigenvalue weighted by atomic mass is 32.2. The molecule has 302 valence electrons. The van der Waals surface area contributed by atoms with Crippen molar-refractivity contribution >= 4 is 44.6 Å². The number of carbonyl (C=O) groups excluding carboxylic acids is 3. The largest absolute Gasteiger partial charge is 0.494 e. The number of carboxylic acid groups (broad SMARTS) is 1. The van der Waals surface area contributed by atoms with E-state index in [1.165, 1.54) is 35.2 Å². The number of carbonyl (C=O) groups is 4. The van der Waals surface area contributed by atoms with Gasteiger partial charge in [-0.15, -0.1) is 0 Å². The van der Waals surface area contributed by atoms with E-state index < -0.39 is 80.5 Å². The van der Waals surface area contributed by atoms with Gasteiger partial charge in [-0.25, -0.2) is 22.6 Å². The number of ether oxygens (including phenoxy) is 2. The molecule has 0 radical (unpaired) electrons. The van der Waals surface area contributed by atoms with E-state index in [1.54, 1.807) is 6.07 Å². The molecular weight excluding hydrogens is 746 g/mol. The lowest BCUT2D eigenvalue weighted by Crippen LogP contribution is -2.61. The average molecular weight is 796 g/mol. The second kappa shape index (κ2) is 14.5. The predicted molar refractivity (Wildman–Crippen MR) is 201 cm³/mol. The fourth-order valence-corrected chi connectivity index (χ4v) is 11.0. The number of methoxy groups -OCH3 is 1. The molecule has 16 heteroatoms. The minimum atomic E-state index is -3.94. The summed E-state index contributed by atoms with van der Waals surface area (Å²) in [4.78, 5) is 63.8. The Morgan fingerprint density at radius 1 is 1.05 bits per heavy atom. The number of aromatic nitrogens is 1. The fraction of sp³-hybridized carbons (Fsp3) is 0.625. The summed E-state index contributed by atoms with van der Waals surface area (Å²) >= 11 is 0. The predicted octanol–water partition coefficient (Wildman–Crippen LogP) is 4.37. The maximum Gasteiger partial charge on any atom is 0.408 e. The lowest BCUT2D eigenvalue weighted by molar-refractivity contribution is -0.145. The van der Waals surface area contributed by atoms with Crippen molar-refractivity contribution in [2.24, 2.45) is 29.6 Å². The number of allylic oxidation sites excluding steroid dienone is 1. The lowest BCUT2D eigenvalue weighted by Gasteiger charge is -2.40. The highest BCUT2D eigenvalue weighted by molar-refractivity contribution is 7.91. The van der Waals surface area contributed by atoms with E-state index in [0.717, 1.165) is 12.8 Å². The number of pyridine rings is 1. The van der Waals surface area contributed by atoms with Crippen molar-refractivity contribution < 1.29 is 46.6 Å². The Labute approximate surface area is 325 Å². The monoisotopic (exact) mass is 795 g/mol. The first-order valence-electron chi connectivity index (χ1n) is 19.8. The molecule has 8 rings (SSSR count).